The van der Waals surface area contributed by atoms with Gasteiger partial charge in [0.05, 0.1) is 0 Å². The Balaban J connectivity index is 1.78. The molecule has 1 heterocycles. The summed E-state index contributed by atoms with van der Waals surface area (Å²) in [5.74, 6) is -0.418. The van der Waals surface area contributed by atoms with Crippen molar-refractivity contribution in [3.05, 3.63) is 35.3 Å². The van der Waals surface area contributed by atoms with Gasteiger partial charge in [-0.2, -0.15) is 4.73 Å². The minimum absolute atomic E-state index is 0.0505. The van der Waals surface area contributed by atoms with E-state index in [-0.39, 0.29) is 11.6 Å². The summed E-state index contributed by atoms with van der Waals surface area (Å²) in [6.07, 6.45) is 7.38. The van der Waals surface area contributed by atoms with Crippen molar-refractivity contribution in [2.45, 2.75) is 38.5 Å². The molecule has 6 heteroatoms. The van der Waals surface area contributed by atoms with E-state index in [2.05, 4.69) is 10.9 Å². The molecule has 1 fully saturated rings. The topological polar surface area (TPSA) is 85.1 Å². The fraction of sp³-hybridized carbons (Fsp3) is 0.500. The predicted molar refractivity (Wildman–Crippen MR) is 72.2 cm³/mol. The molecule has 6 nitrogen and oxygen atoms in total. The smallest absolute Gasteiger partial charge is 0.335 e. The lowest BCUT2D eigenvalue weighted by Crippen LogP contribution is -2.47. The standard InChI is InChI=1S/C14H19N3O3/c18-13(10-11-6-2-1-3-7-11)15-16-14(19)12-8-4-5-9-17(12)20/h4-5,8-9,11H,1-3,6-7,10H2,(H,15,18)(H,16,19). The second-order valence-electron chi connectivity index (χ2n) is 5.12. The lowest BCUT2D eigenvalue weighted by Gasteiger charge is -2.20. The Morgan fingerprint density at radius 1 is 1.20 bits per heavy atom. The first kappa shape index (κ1) is 14.3. The number of hydrogen-bond donors (Lipinski definition) is 2. The van der Waals surface area contributed by atoms with Crippen LogP contribution in [0.3, 0.4) is 0 Å². The van der Waals surface area contributed by atoms with Gasteiger partial charge < -0.3 is 5.21 Å². The molecule has 0 atom stereocenters. The van der Waals surface area contributed by atoms with E-state index < -0.39 is 5.91 Å². The highest BCUT2D eigenvalue weighted by Crippen LogP contribution is 2.25. The lowest BCUT2D eigenvalue weighted by molar-refractivity contribution is -0.607. The van der Waals surface area contributed by atoms with Crippen molar-refractivity contribution in [2.24, 2.45) is 5.92 Å². The van der Waals surface area contributed by atoms with Crippen LogP contribution in [0.2, 0.25) is 0 Å². The van der Waals surface area contributed by atoms with E-state index in [1.165, 1.54) is 37.6 Å². The van der Waals surface area contributed by atoms with E-state index >= 15 is 0 Å². The van der Waals surface area contributed by atoms with Crippen molar-refractivity contribution in [1.29, 1.82) is 0 Å². The van der Waals surface area contributed by atoms with Crippen molar-refractivity contribution in [1.82, 2.24) is 10.9 Å². The van der Waals surface area contributed by atoms with E-state index in [1.54, 1.807) is 6.07 Å². The Morgan fingerprint density at radius 2 is 1.95 bits per heavy atom. The quantitative estimate of drug-likeness (QED) is 0.492. The van der Waals surface area contributed by atoms with Crippen molar-refractivity contribution in [2.75, 3.05) is 0 Å². The Labute approximate surface area is 117 Å². The molecule has 0 spiro atoms. The Morgan fingerprint density at radius 3 is 2.65 bits per heavy atom. The number of carbonyl (C=O) groups is 2. The monoisotopic (exact) mass is 277 g/mol. The summed E-state index contributed by atoms with van der Waals surface area (Å²) >= 11 is 0. The van der Waals surface area contributed by atoms with Gasteiger partial charge in [0.15, 0.2) is 6.20 Å². The number of nitrogens with zero attached hydrogens (tertiary/aromatic N) is 1. The van der Waals surface area contributed by atoms with Crippen LogP contribution in [-0.2, 0) is 4.79 Å². The molecule has 108 valence electrons. The van der Waals surface area contributed by atoms with Crippen molar-refractivity contribution in [3.8, 4) is 0 Å². The van der Waals surface area contributed by atoms with Crippen LogP contribution in [0.15, 0.2) is 24.4 Å². The summed E-state index contributed by atoms with van der Waals surface area (Å²) in [5.41, 5.74) is 4.58. The first-order chi connectivity index (χ1) is 9.66. The van der Waals surface area contributed by atoms with Crippen LogP contribution in [-0.4, -0.2) is 11.8 Å². The second kappa shape index (κ2) is 6.88. The number of carbonyl (C=O) groups excluding carboxylic acids is 2. The molecule has 2 amide bonds. The highest BCUT2D eigenvalue weighted by atomic mass is 16.5. The normalized spacial score (nSPS) is 15.6. The molecule has 1 aromatic rings. The number of amides is 2. The van der Waals surface area contributed by atoms with E-state index in [0.717, 1.165) is 12.8 Å². The van der Waals surface area contributed by atoms with E-state index in [0.29, 0.717) is 17.1 Å². The van der Waals surface area contributed by atoms with E-state index in [9.17, 15) is 14.8 Å². The van der Waals surface area contributed by atoms with Gasteiger partial charge in [-0.3, -0.25) is 20.4 Å². The van der Waals surface area contributed by atoms with Gasteiger partial charge in [0.25, 0.3) is 5.69 Å². The average molecular weight is 277 g/mol. The predicted octanol–water partition coefficient (Wildman–Crippen LogP) is 1.05. The third-order valence-corrected chi connectivity index (χ3v) is 3.57. The highest BCUT2D eigenvalue weighted by molar-refractivity contribution is 5.92. The fourth-order valence-electron chi connectivity index (χ4n) is 2.50. The molecule has 0 radical (unpaired) electrons. The molecular weight excluding hydrogens is 258 g/mol. The van der Waals surface area contributed by atoms with Gasteiger partial charge in [0.1, 0.15) is 0 Å². The summed E-state index contributed by atoms with van der Waals surface area (Å²) in [7, 11) is 0. The van der Waals surface area contributed by atoms with Crippen LogP contribution in [0.25, 0.3) is 0 Å². The van der Waals surface area contributed by atoms with E-state index in [1.807, 2.05) is 0 Å². The summed E-state index contributed by atoms with van der Waals surface area (Å²) in [5, 5.41) is 11.4. The number of hydrazine groups is 1. The fourth-order valence-corrected chi connectivity index (χ4v) is 2.50. The highest BCUT2D eigenvalue weighted by Gasteiger charge is 2.19. The first-order valence-electron chi connectivity index (χ1n) is 6.94. The van der Waals surface area contributed by atoms with Gasteiger partial charge in [0, 0.05) is 18.6 Å². The van der Waals surface area contributed by atoms with Crippen LogP contribution in [0, 0.1) is 11.1 Å². The van der Waals surface area contributed by atoms with Gasteiger partial charge in [-0.15, -0.1) is 0 Å². The Bertz CT molecular complexity index is 484. The van der Waals surface area contributed by atoms with Crippen molar-refractivity contribution < 1.29 is 14.3 Å². The maximum atomic E-state index is 11.7. The summed E-state index contributed by atoms with van der Waals surface area (Å²) in [6.45, 7) is 0. The van der Waals surface area contributed by atoms with Gasteiger partial charge in [-0.25, -0.2) is 0 Å². The maximum Gasteiger partial charge on any atom is 0.335 e. The number of pyridine rings is 1. The molecule has 2 rings (SSSR count). The number of aromatic nitrogens is 1. The zero-order chi connectivity index (χ0) is 14.4. The molecular formula is C14H19N3O3. The summed E-state index contributed by atoms with van der Waals surface area (Å²) < 4.78 is 0.461. The van der Waals surface area contributed by atoms with Crippen LogP contribution >= 0.6 is 0 Å². The average Bonchev–Trinajstić information content (AvgIpc) is 2.46. The maximum absolute atomic E-state index is 11.7. The number of nitrogens with one attached hydrogen (secondary N) is 2. The lowest BCUT2D eigenvalue weighted by atomic mass is 9.87. The zero-order valence-electron chi connectivity index (χ0n) is 11.3. The largest absolute Gasteiger partial charge is 0.618 e. The van der Waals surface area contributed by atoms with E-state index in [4.69, 9.17) is 0 Å². The first-order valence-corrected chi connectivity index (χ1v) is 6.94. The van der Waals surface area contributed by atoms with Crippen LogP contribution in [0.4, 0.5) is 0 Å². The minimum atomic E-state index is -0.613. The van der Waals surface area contributed by atoms with Gasteiger partial charge in [-0.1, -0.05) is 19.3 Å². The molecule has 1 aliphatic rings. The van der Waals surface area contributed by atoms with Crippen LogP contribution in [0.5, 0.6) is 0 Å². The Kier molecular flexibility index (Phi) is 4.92. The molecule has 1 aliphatic carbocycles. The second-order valence-corrected chi connectivity index (χ2v) is 5.12. The molecule has 20 heavy (non-hydrogen) atoms. The zero-order valence-corrected chi connectivity index (χ0v) is 11.3. The third-order valence-electron chi connectivity index (χ3n) is 3.57. The summed E-state index contributed by atoms with van der Waals surface area (Å²) in [6, 6.07) is 4.52. The molecule has 0 bridgehead atoms. The van der Waals surface area contributed by atoms with Gasteiger partial charge in [-0.05, 0) is 24.8 Å². The number of hydrogen-bond acceptors (Lipinski definition) is 3. The number of rotatable bonds is 3. The molecule has 0 aromatic carbocycles. The molecule has 0 saturated heterocycles. The summed E-state index contributed by atoms with van der Waals surface area (Å²) in [4.78, 5) is 23.4. The minimum Gasteiger partial charge on any atom is -0.618 e. The van der Waals surface area contributed by atoms with Crippen molar-refractivity contribution in [3.63, 3.8) is 0 Å². The third kappa shape index (κ3) is 3.94. The molecule has 2 N–H and O–H groups in total. The Hall–Kier alpha value is -2.11. The van der Waals surface area contributed by atoms with Crippen LogP contribution < -0.4 is 15.6 Å². The van der Waals surface area contributed by atoms with Crippen LogP contribution in [0.1, 0.15) is 49.0 Å². The SMILES string of the molecule is O=C(CC1CCCCC1)NNC(=O)c1cccc[n+]1[O-]. The van der Waals surface area contributed by atoms with Crippen molar-refractivity contribution >= 4 is 11.8 Å². The van der Waals surface area contributed by atoms with Gasteiger partial charge in [0.2, 0.25) is 5.91 Å². The van der Waals surface area contributed by atoms with Gasteiger partial charge >= 0.3 is 5.91 Å². The molecule has 1 saturated carbocycles. The molecule has 0 unspecified atom stereocenters. The molecule has 0 aliphatic heterocycles. The molecule has 1 aromatic heterocycles.